The number of rotatable bonds is 10. The van der Waals surface area contributed by atoms with Crippen molar-refractivity contribution in [3.8, 4) is 12.3 Å². The number of hydrogen-bond acceptors (Lipinski definition) is 7. The van der Waals surface area contributed by atoms with E-state index in [0.717, 1.165) is 0 Å². The lowest BCUT2D eigenvalue weighted by molar-refractivity contribution is -0.146. The molecule has 0 aliphatic heterocycles. The predicted molar refractivity (Wildman–Crippen MR) is 136 cm³/mol. The summed E-state index contributed by atoms with van der Waals surface area (Å²) >= 11 is 4.25. The fourth-order valence-corrected chi connectivity index (χ4v) is 3.47. The van der Waals surface area contributed by atoms with E-state index in [-0.39, 0.29) is 5.75 Å². The zero-order valence-corrected chi connectivity index (χ0v) is 22.0. The van der Waals surface area contributed by atoms with Crippen LogP contribution in [0.5, 0.6) is 0 Å². The van der Waals surface area contributed by atoms with Crippen LogP contribution in [0.3, 0.4) is 0 Å². The summed E-state index contributed by atoms with van der Waals surface area (Å²) in [5.41, 5.74) is 0.0442. The first kappa shape index (κ1) is 29.8. The van der Waals surface area contributed by atoms with Gasteiger partial charge in [-0.05, 0) is 45.7 Å². The molecule has 1 aromatic carbocycles. The minimum Gasteiger partial charge on any atom is -0.468 e. The van der Waals surface area contributed by atoms with Crippen molar-refractivity contribution in [2.75, 3.05) is 19.4 Å². The number of ether oxygens (including phenoxy) is 2. The van der Waals surface area contributed by atoms with Gasteiger partial charge in [-0.15, -0.1) is 6.42 Å². The van der Waals surface area contributed by atoms with Crippen molar-refractivity contribution in [1.29, 1.82) is 0 Å². The molecule has 0 radical (unpaired) electrons. The summed E-state index contributed by atoms with van der Waals surface area (Å²) in [6.07, 6.45) is 5.39. The number of terminal acetylenes is 1. The summed E-state index contributed by atoms with van der Waals surface area (Å²) in [6.45, 7) is 8.35. The highest BCUT2D eigenvalue weighted by atomic mass is 32.1. The minimum atomic E-state index is -1.18. The summed E-state index contributed by atoms with van der Waals surface area (Å²) < 4.78 is 9.89. The second-order valence-electron chi connectivity index (χ2n) is 8.81. The third-order valence-electron chi connectivity index (χ3n) is 5.06. The fraction of sp³-hybridized carbons (Fsp3) is 0.520. The van der Waals surface area contributed by atoms with Crippen molar-refractivity contribution in [2.45, 2.75) is 64.8 Å². The van der Waals surface area contributed by atoms with Gasteiger partial charge in [-0.2, -0.15) is 12.6 Å². The van der Waals surface area contributed by atoms with Crippen LogP contribution in [0.15, 0.2) is 24.3 Å². The van der Waals surface area contributed by atoms with Crippen molar-refractivity contribution in [1.82, 2.24) is 15.5 Å². The maximum atomic E-state index is 13.8. The van der Waals surface area contributed by atoms with Gasteiger partial charge in [0.1, 0.15) is 24.2 Å². The Hall–Kier alpha value is -3.19. The van der Waals surface area contributed by atoms with Crippen LogP contribution in [-0.2, 0) is 23.9 Å². The van der Waals surface area contributed by atoms with Gasteiger partial charge in [0.25, 0.3) is 0 Å². The highest BCUT2D eigenvalue weighted by Crippen LogP contribution is 2.28. The largest absolute Gasteiger partial charge is 0.468 e. The Morgan fingerprint density at radius 2 is 1.83 bits per heavy atom. The van der Waals surface area contributed by atoms with Gasteiger partial charge in [-0.25, -0.2) is 4.79 Å². The Kier molecular flexibility index (Phi) is 11.6. The van der Waals surface area contributed by atoms with Gasteiger partial charge >= 0.3 is 12.1 Å². The van der Waals surface area contributed by atoms with E-state index in [0.29, 0.717) is 17.5 Å². The van der Waals surface area contributed by atoms with Crippen LogP contribution >= 0.6 is 12.6 Å². The molecular weight excluding hydrogens is 470 g/mol. The Morgan fingerprint density at radius 3 is 2.34 bits per heavy atom. The molecule has 10 heteroatoms. The number of benzene rings is 1. The number of amides is 3. The van der Waals surface area contributed by atoms with E-state index in [2.05, 4.69) is 33.9 Å². The first-order valence-corrected chi connectivity index (χ1v) is 11.9. The molecule has 0 aromatic heterocycles. The van der Waals surface area contributed by atoms with Gasteiger partial charge in [0.15, 0.2) is 0 Å². The van der Waals surface area contributed by atoms with Crippen molar-refractivity contribution in [3.63, 3.8) is 0 Å². The second kappa shape index (κ2) is 13.6. The Bertz CT molecular complexity index is 953. The number of thiol groups is 1. The Labute approximate surface area is 212 Å². The second-order valence-corrected chi connectivity index (χ2v) is 9.18. The maximum Gasteiger partial charge on any atom is 0.408 e. The number of carbonyl (C=O) groups is 4. The molecule has 35 heavy (non-hydrogen) atoms. The van der Waals surface area contributed by atoms with Crippen molar-refractivity contribution in [3.05, 3.63) is 35.4 Å². The third-order valence-corrected chi connectivity index (χ3v) is 5.43. The van der Waals surface area contributed by atoms with E-state index in [9.17, 15) is 19.2 Å². The highest BCUT2D eigenvalue weighted by molar-refractivity contribution is 7.80. The third kappa shape index (κ3) is 8.83. The number of nitrogens with one attached hydrogen (secondary N) is 2. The van der Waals surface area contributed by atoms with Crippen molar-refractivity contribution < 1.29 is 28.7 Å². The van der Waals surface area contributed by atoms with Gasteiger partial charge in [0.2, 0.25) is 11.8 Å². The normalized spacial score (nSPS) is 13.4. The Balaban J connectivity index is 3.51. The first-order valence-electron chi connectivity index (χ1n) is 11.2. The molecule has 3 atom stereocenters. The number of nitrogens with zero attached hydrogens (tertiary/aromatic N) is 1. The van der Waals surface area contributed by atoms with E-state index < -0.39 is 54.1 Å². The van der Waals surface area contributed by atoms with Crippen LogP contribution in [-0.4, -0.2) is 65.9 Å². The number of esters is 1. The lowest BCUT2D eigenvalue weighted by Gasteiger charge is -2.38. The van der Waals surface area contributed by atoms with E-state index in [1.165, 1.54) is 12.0 Å². The highest BCUT2D eigenvalue weighted by Gasteiger charge is 2.39. The maximum absolute atomic E-state index is 13.8. The predicted octanol–water partition coefficient (Wildman–Crippen LogP) is 2.45. The van der Waals surface area contributed by atoms with Crippen molar-refractivity contribution in [2.24, 2.45) is 0 Å². The molecule has 0 saturated carbocycles. The summed E-state index contributed by atoms with van der Waals surface area (Å²) in [5, 5.41) is 5.06. The lowest BCUT2D eigenvalue weighted by atomic mass is 9.96. The van der Waals surface area contributed by atoms with Crippen LogP contribution < -0.4 is 10.6 Å². The average Bonchev–Trinajstić information content (AvgIpc) is 2.81. The van der Waals surface area contributed by atoms with Crippen molar-refractivity contribution >= 4 is 36.5 Å². The first-order chi connectivity index (χ1) is 16.4. The van der Waals surface area contributed by atoms with E-state index in [4.69, 9.17) is 11.2 Å². The Morgan fingerprint density at radius 1 is 1.20 bits per heavy atom. The molecule has 0 aliphatic carbocycles. The molecule has 0 heterocycles. The molecule has 0 spiro atoms. The molecule has 1 rings (SSSR count). The molecule has 2 N–H and O–H groups in total. The summed E-state index contributed by atoms with van der Waals surface area (Å²) in [6, 6.07) is 4.02. The van der Waals surface area contributed by atoms with Gasteiger partial charge in [0, 0.05) is 17.4 Å². The fourth-order valence-electron chi connectivity index (χ4n) is 3.22. The lowest BCUT2D eigenvalue weighted by Crippen LogP contribution is -2.56. The smallest absolute Gasteiger partial charge is 0.408 e. The SMILES string of the molecule is C#Cc1ccccc1C(C(=O)NCC(=O)OC)N(C(=O)C(CS)NC(=O)OC(C)(C)C)C(C)CC. The molecule has 0 saturated heterocycles. The number of methoxy groups -OCH3 is 1. The van der Waals surface area contributed by atoms with Crippen LogP contribution in [0, 0.1) is 12.3 Å². The standard InChI is InChI=1S/C25H35N3O6S/c1-8-16(3)28(23(31)19(15-35)27-24(32)34-25(4,5)6)21(22(30)26-14-20(29)33-7)18-13-11-10-12-17(18)9-2/h2,10-13,16,19,21,35H,8,14-15H2,1,3-7H3,(H,26,30)(H,27,32). The van der Waals surface area contributed by atoms with E-state index >= 15 is 0 Å². The molecule has 0 bridgehead atoms. The van der Waals surface area contributed by atoms with Crippen LogP contribution in [0.4, 0.5) is 4.79 Å². The van der Waals surface area contributed by atoms with Gasteiger partial charge in [0.05, 0.1) is 7.11 Å². The zero-order chi connectivity index (χ0) is 26.8. The zero-order valence-electron chi connectivity index (χ0n) is 21.1. The monoisotopic (exact) mass is 505 g/mol. The molecule has 0 fully saturated rings. The van der Waals surface area contributed by atoms with Crippen LogP contribution in [0.25, 0.3) is 0 Å². The summed E-state index contributed by atoms with van der Waals surface area (Å²) in [5.74, 6) is 0.678. The molecule has 3 unspecified atom stereocenters. The number of alkyl carbamates (subject to hydrolysis) is 1. The molecular formula is C25H35N3O6S. The average molecular weight is 506 g/mol. The van der Waals surface area contributed by atoms with Gasteiger partial charge < -0.3 is 25.0 Å². The molecule has 1 aromatic rings. The van der Waals surface area contributed by atoms with E-state index in [1.54, 1.807) is 52.0 Å². The summed E-state index contributed by atoms with van der Waals surface area (Å²) in [7, 11) is 1.20. The minimum absolute atomic E-state index is 0.0434. The van der Waals surface area contributed by atoms with Gasteiger partial charge in [-0.1, -0.05) is 31.0 Å². The van der Waals surface area contributed by atoms with E-state index in [1.807, 2.05) is 6.92 Å². The quantitative estimate of drug-likeness (QED) is 0.256. The topological polar surface area (TPSA) is 114 Å². The molecule has 192 valence electrons. The molecule has 9 nitrogen and oxygen atoms in total. The van der Waals surface area contributed by atoms with Gasteiger partial charge in [-0.3, -0.25) is 14.4 Å². The van der Waals surface area contributed by atoms with Crippen LogP contribution in [0.1, 0.15) is 58.2 Å². The van der Waals surface area contributed by atoms with Crippen LogP contribution in [0.2, 0.25) is 0 Å². The number of hydrogen-bond donors (Lipinski definition) is 3. The molecule has 3 amide bonds. The molecule has 0 aliphatic rings. The summed E-state index contributed by atoms with van der Waals surface area (Å²) in [4.78, 5) is 52.6. The number of carbonyl (C=O) groups excluding carboxylic acids is 4.